The van der Waals surface area contributed by atoms with Crippen LogP contribution in [0.15, 0.2) is 24.5 Å². The van der Waals surface area contributed by atoms with Gasteiger partial charge in [-0.1, -0.05) is 13.8 Å². The molecule has 1 heterocycles. The third kappa shape index (κ3) is 4.64. The molecule has 4 saturated carbocycles. The van der Waals surface area contributed by atoms with E-state index in [0.29, 0.717) is 5.54 Å². The Bertz CT molecular complexity index is 580. The minimum atomic E-state index is -1.08. The average Bonchev–Trinajstić information content (AvgIpc) is 2.60. The van der Waals surface area contributed by atoms with Crippen molar-refractivity contribution in [1.82, 2.24) is 0 Å². The summed E-state index contributed by atoms with van der Waals surface area (Å²) in [6, 6.07) is 4.76. The number of pyridine rings is 1. The third-order valence-corrected chi connectivity index (χ3v) is 6.72. The van der Waals surface area contributed by atoms with E-state index in [4.69, 9.17) is 9.90 Å². The number of aromatic nitrogens is 1. The van der Waals surface area contributed by atoms with Crippen LogP contribution in [0.1, 0.15) is 72.1 Å². The van der Waals surface area contributed by atoms with Gasteiger partial charge in [0.15, 0.2) is 17.9 Å². The van der Waals surface area contributed by atoms with Crippen LogP contribution in [0, 0.1) is 17.8 Å². The van der Waals surface area contributed by atoms with Gasteiger partial charge in [-0.3, -0.25) is 0 Å². The molecule has 4 heteroatoms. The summed E-state index contributed by atoms with van der Waals surface area (Å²) in [5, 5.41) is 8.89. The first kappa shape index (κ1) is 20.2. The van der Waals surface area contributed by atoms with Crippen LogP contribution in [-0.2, 0) is 10.3 Å². The highest BCUT2D eigenvalue weighted by atomic mass is 16.4. The molecule has 0 radical (unpaired) electrons. The van der Waals surface area contributed by atoms with Gasteiger partial charge < -0.3 is 14.8 Å². The van der Waals surface area contributed by atoms with Crippen molar-refractivity contribution in [2.45, 2.75) is 77.7 Å². The molecule has 4 nitrogen and oxygen atoms in total. The molecule has 0 unspecified atom stereocenters. The quantitative estimate of drug-likeness (QED) is 0.720. The van der Waals surface area contributed by atoms with Crippen LogP contribution < -0.4 is 14.6 Å². The molecule has 1 aromatic rings. The Kier molecular flexibility index (Phi) is 6.44. The fraction of sp³-hybridized carbons (Fsp3) is 0.739. The fourth-order valence-electron chi connectivity index (χ4n) is 6.24. The average molecular weight is 373 g/mol. The predicted octanol–water partition coefficient (Wildman–Crippen LogP) is 3.28. The van der Waals surface area contributed by atoms with Crippen LogP contribution in [0.25, 0.3) is 0 Å². The van der Waals surface area contributed by atoms with Crippen LogP contribution >= 0.6 is 0 Å². The zero-order valence-corrected chi connectivity index (χ0v) is 17.3. The number of hydrogen-bond donors (Lipinski definition) is 0. The van der Waals surface area contributed by atoms with Crippen molar-refractivity contribution in [3.63, 3.8) is 0 Å². The lowest BCUT2D eigenvalue weighted by molar-refractivity contribution is -0.776. The van der Waals surface area contributed by atoms with Gasteiger partial charge in [-0.25, -0.2) is 0 Å². The van der Waals surface area contributed by atoms with Gasteiger partial charge in [-0.2, -0.15) is 4.57 Å². The van der Waals surface area contributed by atoms with E-state index in [9.17, 15) is 0 Å². The maximum absolute atomic E-state index is 8.89. The van der Waals surface area contributed by atoms with Crippen LogP contribution in [-0.4, -0.2) is 19.1 Å². The van der Waals surface area contributed by atoms with Gasteiger partial charge in [0.2, 0.25) is 0 Å². The van der Waals surface area contributed by atoms with E-state index in [2.05, 4.69) is 47.8 Å². The fourth-order valence-corrected chi connectivity index (χ4v) is 6.24. The molecule has 150 valence electrons. The number of carboxylic acid groups (broad SMARTS) is 1. The highest BCUT2D eigenvalue weighted by Crippen LogP contribution is 2.56. The summed E-state index contributed by atoms with van der Waals surface area (Å²) in [5.41, 5.74) is 1.88. The first-order valence-electron chi connectivity index (χ1n) is 10.9. The summed E-state index contributed by atoms with van der Waals surface area (Å²) in [4.78, 5) is 11.4. The minimum Gasteiger partial charge on any atom is -0.550 e. The van der Waals surface area contributed by atoms with Crippen molar-refractivity contribution in [3.05, 3.63) is 24.5 Å². The second kappa shape index (κ2) is 8.62. The first-order valence-corrected chi connectivity index (χ1v) is 10.9. The smallest absolute Gasteiger partial charge is 0.171 e. The Labute approximate surface area is 164 Å². The van der Waals surface area contributed by atoms with Gasteiger partial charge in [-0.05, 0) is 56.8 Å². The van der Waals surface area contributed by atoms with E-state index >= 15 is 0 Å². The number of carbonyl (C=O) groups excluding carboxylic acids is 1. The summed E-state index contributed by atoms with van der Waals surface area (Å²) >= 11 is 0. The van der Waals surface area contributed by atoms with Crippen molar-refractivity contribution in [2.24, 2.45) is 17.8 Å². The number of rotatable bonds is 6. The van der Waals surface area contributed by atoms with Gasteiger partial charge in [0.1, 0.15) is 0 Å². The molecule has 4 fully saturated rings. The Morgan fingerprint density at radius 2 is 1.44 bits per heavy atom. The summed E-state index contributed by atoms with van der Waals surface area (Å²) in [5.74, 6) is 1.97. The first-order chi connectivity index (χ1) is 13.0. The maximum atomic E-state index is 8.89. The van der Waals surface area contributed by atoms with Gasteiger partial charge >= 0.3 is 0 Å². The molecule has 0 aliphatic heterocycles. The largest absolute Gasteiger partial charge is 0.550 e. The van der Waals surface area contributed by atoms with E-state index in [-0.39, 0.29) is 0 Å². The van der Waals surface area contributed by atoms with Gasteiger partial charge in [0.25, 0.3) is 0 Å². The molecule has 0 N–H and O–H groups in total. The SMILES string of the molecule is CC(=O)[O-].CCCN(CCC)c1cc[n+](C23CC4CC(CC(C4)C2)C3)cc1. The Balaban J connectivity index is 0.000000481. The van der Waals surface area contributed by atoms with Crippen LogP contribution in [0.4, 0.5) is 5.69 Å². The lowest BCUT2D eigenvalue weighted by atomic mass is 9.53. The van der Waals surface area contributed by atoms with E-state index in [0.717, 1.165) is 24.7 Å². The van der Waals surface area contributed by atoms with Crippen molar-refractivity contribution < 1.29 is 14.5 Å². The van der Waals surface area contributed by atoms with Crippen molar-refractivity contribution in [1.29, 1.82) is 0 Å². The number of nitrogens with zero attached hydrogens (tertiary/aromatic N) is 2. The molecular weight excluding hydrogens is 336 g/mol. The van der Waals surface area contributed by atoms with Crippen molar-refractivity contribution >= 4 is 11.7 Å². The van der Waals surface area contributed by atoms with Crippen molar-refractivity contribution in [2.75, 3.05) is 18.0 Å². The molecule has 5 rings (SSSR count). The normalized spacial score (nSPS) is 30.6. The topological polar surface area (TPSA) is 47.2 Å². The second-order valence-electron chi connectivity index (χ2n) is 9.08. The number of hydrogen-bond acceptors (Lipinski definition) is 3. The Hall–Kier alpha value is -1.58. The lowest BCUT2D eigenvalue weighted by Gasteiger charge is -2.53. The number of carboxylic acids is 1. The van der Waals surface area contributed by atoms with Gasteiger partial charge in [0.05, 0.1) is 0 Å². The van der Waals surface area contributed by atoms with Gasteiger partial charge in [0, 0.05) is 56.1 Å². The predicted molar refractivity (Wildman–Crippen MR) is 106 cm³/mol. The molecule has 0 aromatic carbocycles. The zero-order valence-electron chi connectivity index (χ0n) is 17.3. The van der Waals surface area contributed by atoms with Crippen LogP contribution in [0.2, 0.25) is 0 Å². The second-order valence-corrected chi connectivity index (χ2v) is 9.08. The van der Waals surface area contributed by atoms with E-state index < -0.39 is 5.97 Å². The van der Waals surface area contributed by atoms with E-state index in [1.165, 1.54) is 70.1 Å². The monoisotopic (exact) mass is 372 g/mol. The molecule has 0 saturated heterocycles. The lowest BCUT2D eigenvalue weighted by Crippen LogP contribution is -2.64. The summed E-state index contributed by atoms with van der Waals surface area (Å²) in [6.07, 6.45) is 16.2. The number of carbonyl (C=O) groups is 1. The number of anilines is 1. The van der Waals surface area contributed by atoms with Crippen LogP contribution in [0.3, 0.4) is 0 Å². The zero-order chi connectivity index (χ0) is 19.4. The highest BCUT2D eigenvalue weighted by molar-refractivity contribution is 5.60. The summed E-state index contributed by atoms with van der Waals surface area (Å²) < 4.78 is 2.61. The molecule has 4 aliphatic carbocycles. The summed E-state index contributed by atoms with van der Waals surface area (Å²) in [6.45, 7) is 7.88. The van der Waals surface area contributed by atoms with Crippen molar-refractivity contribution in [3.8, 4) is 0 Å². The van der Waals surface area contributed by atoms with Crippen LogP contribution in [0.5, 0.6) is 0 Å². The molecule has 4 bridgehead atoms. The van der Waals surface area contributed by atoms with Gasteiger partial charge in [-0.15, -0.1) is 0 Å². The Morgan fingerprint density at radius 3 is 1.81 bits per heavy atom. The molecule has 1 aromatic heterocycles. The molecular formula is C23H36N2O2. The third-order valence-electron chi connectivity index (χ3n) is 6.72. The van der Waals surface area contributed by atoms with E-state index in [1.54, 1.807) is 0 Å². The molecule has 0 amide bonds. The molecule has 27 heavy (non-hydrogen) atoms. The summed E-state index contributed by atoms with van der Waals surface area (Å²) in [7, 11) is 0. The molecule has 0 atom stereocenters. The highest BCUT2D eigenvalue weighted by Gasteiger charge is 2.56. The minimum absolute atomic E-state index is 0.466. The molecule has 4 aliphatic rings. The Morgan fingerprint density at radius 1 is 1.04 bits per heavy atom. The standard InChI is InChI=1S/C21H33N2.C2H4O2/c1-3-7-22(8-4-2)20-5-9-23(10-6-20)21-14-17-11-18(15-21)13-19(12-17)16-21;1-2(3)4/h5-6,9-10,17-19H,3-4,7-8,11-16H2,1-2H3;1H3,(H,3,4)/q+1;/p-1. The van der Waals surface area contributed by atoms with E-state index in [1.807, 2.05) is 0 Å². The number of aliphatic carboxylic acids is 1. The maximum Gasteiger partial charge on any atom is 0.171 e. The molecule has 0 spiro atoms.